The van der Waals surface area contributed by atoms with Crippen LogP contribution in [0.25, 0.3) is 0 Å². The molecule has 9 heavy (non-hydrogen) atoms. The van der Waals surface area contributed by atoms with E-state index in [4.69, 9.17) is 0 Å². The highest BCUT2D eigenvalue weighted by Crippen LogP contribution is 2.27. The van der Waals surface area contributed by atoms with Gasteiger partial charge in [0.05, 0.1) is 5.60 Å². The predicted octanol–water partition coefficient (Wildman–Crippen LogP) is 0.534. The zero-order valence-corrected chi connectivity index (χ0v) is 6.73. The molecule has 0 unspecified atom stereocenters. The Bertz CT molecular complexity index is 104. The summed E-state index contributed by atoms with van der Waals surface area (Å²) in [7, 11) is 0. The molecular weight excluding hydrogens is 134 g/mol. The smallest absolute Gasteiger partial charge is 0.0644 e. The molecular formula is C6H13NOS. The number of nitrogens with zero attached hydrogens (tertiary/aromatic N) is 1. The largest absolute Gasteiger partial charge is 0.390 e. The third-order valence-corrected chi connectivity index (χ3v) is 2.19. The zero-order valence-electron chi connectivity index (χ0n) is 5.83. The Kier molecular flexibility index (Phi) is 1.76. The van der Waals surface area contributed by atoms with Gasteiger partial charge in [-0.25, -0.2) is 0 Å². The molecule has 1 rings (SSSR count). The summed E-state index contributed by atoms with van der Waals surface area (Å²) in [6, 6.07) is 0. The second-order valence-corrected chi connectivity index (χ2v) is 3.79. The average molecular weight is 147 g/mol. The van der Waals surface area contributed by atoms with E-state index in [1.54, 1.807) is 0 Å². The van der Waals surface area contributed by atoms with Gasteiger partial charge in [-0.05, 0) is 13.8 Å². The number of hydrogen-bond acceptors (Lipinski definition) is 3. The number of thiol groups is 1. The van der Waals surface area contributed by atoms with Crippen molar-refractivity contribution in [2.24, 2.45) is 5.92 Å². The topological polar surface area (TPSA) is 23.5 Å². The lowest BCUT2D eigenvalue weighted by molar-refractivity contribution is -0.0305. The van der Waals surface area contributed by atoms with Crippen LogP contribution in [-0.4, -0.2) is 28.1 Å². The van der Waals surface area contributed by atoms with Crippen molar-refractivity contribution in [2.75, 3.05) is 13.1 Å². The number of aliphatic hydroxyl groups is 1. The summed E-state index contributed by atoms with van der Waals surface area (Å²) >= 11 is 4.10. The van der Waals surface area contributed by atoms with Crippen molar-refractivity contribution < 1.29 is 5.11 Å². The van der Waals surface area contributed by atoms with Gasteiger partial charge in [0, 0.05) is 19.0 Å². The van der Waals surface area contributed by atoms with Gasteiger partial charge in [-0.15, -0.1) is 0 Å². The van der Waals surface area contributed by atoms with Gasteiger partial charge < -0.3 is 5.11 Å². The molecule has 1 N–H and O–H groups in total. The van der Waals surface area contributed by atoms with Gasteiger partial charge in [0.25, 0.3) is 0 Å². The highest BCUT2D eigenvalue weighted by molar-refractivity contribution is 7.77. The average Bonchev–Trinajstić information content (AvgIpc) is 1.55. The molecule has 1 aliphatic heterocycles. The Morgan fingerprint density at radius 3 is 2.11 bits per heavy atom. The summed E-state index contributed by atoms with van der Waals surface area (Å²) in [6.45, 7) is 5.51. The first-order valence-corrected chi connectivity index (χ1v) is 3.56. The molecule has 1 saturated heterocycles. The van der Waals surface area contributed by atoms with E-state index in [1.807, 2.05) is 18.2 Å². The summed E-state index contributed by atoms with van der Waals surface area (Å²) < 4.78 is 1.91. The van der Waals surface area contributed by atoms with E-state index < -0.39 is 5.60 Å². The van der Waals surface area contributed by atoms with E-state index in [0.29, 0.717) is 5.92 Å². The fourth-order valence-electron chi connectivity index (χ4n) is 0.902. The van der Waals surface area contributed by atoms with Crippen molar-refractivity contribution in [3.05, 3.63) is 0 Å². The van der Waals surface area contributed by atoms with Crippen LogP contribution < -0.4 is 0 Å². The van der Waals surface area contributed by atoms with E-state index in [9.17, 15) is 5.11 Å². The van der Waals surface area contributed by atoms with Gasteiger partial charge in [-0.1, -0.05) is 12.8 Å². The van der Waals surface area contributed by atoms with Gasteiger partial charge in [-0.2, -0.15) is 0 Å². The van der Waals surface area contributed by atoms with Crippen LogP contribution in [0.1, 0.15) is 13.8 Å². The Hall–Kier alpha value is 0.270. The summed E-state index contributed by atoms with van der Waals surface area (Å²) in [6.07, 6.45) is 0. The Labute approximate surface area is 61.4 Å². The van der Waals surface area contributed by atoms with E-state index in [0.717, 1.165) is 13.1 Å². The first-order chi connectivity index (χ1) is 4.00. The van der Waals surface area contributed by atoms with Crippen LogP contribution in [0.15, 0.2) is 0 Å². The lowest BCUT2D eigenvalue weighted by atomic mass is 9.86. The quantitative estimate of drug-likeness (QED) is 0.529. The third-order valence-electron chi connectivity index (χ3n) is 1.86. The fourth-order valence-corrected chi connectivity index (χ4v) is 1.30. The lowest BCUT2D eigenvalue weighted by Gasteiger charge is -2.42. The van der Waals surface area contributed by atoms with E-state index in [-0.39, 0.29) is 0 Å². The second kappa shape index (κ2) is 2.15. The third kappa shape index (κ3) is 1.60. The van der Waals surface area contributed by atoms with Crippen molar-refractivity contribution in [3.63, 3.8) is 0 Å². The molecule has 0 saturated carbocycles. The van der Waals surface area contributed by atoms with Gasteiger partial charge in [0.15, 0.2) is 0 Å². The van der Waals surface area contributed by atoms with E-state index >= 15 is 0 Å². The monoisotopic (exact) mass is 147 g/mol. The highest BCUT2D eigenvalue weighted by atomic mass is 32.1. The Balaban J connectivity index is 2.32. The van der Waals surface area contributed by atoms with Gasteiger partial charge in [-0.3, -0.25) is 4.31 Å². The highest BCUT2D eigenvalue weighted by Gasteiger charge is 2.35. The van der Waals surface area contributed by atoms with Crippen molar-refractivity contribution in [1.29, 1.82) is 0 Å². The molecule has 0 aliphatic carbocycles. The van der Waals surface area contributed by atoms with Crippen molar-refractivity contribution in [1.82, 2.24) is 4.31 Å². The normalized spacial score (nSPS) is 24.0. The minimum absolute atomic E-state index is 0.412. The summed E-state index contributed by atoms with van der Waals surface area (Å²) in [4.78, 5) is 0. The lowest BCUT2D eigenvalue weighted by Crippen LogP contribution is -2.51. The fraction of sp³-hybridized carbons (Fsp3) is 1.00. The van der Waals surface area contributed by atoms with E-state index in [2.05, 4.69) is 12.8 Å². The maximum Gasteiger partial charge on any atom is 0.0644 e. The predicted molar refractivity (Wildman–Crippen MR) is 40.3 cm³/mol. The molecule has 0 bridgehead atoms. The van der Waals surface area contributed by atoms with Crippen LogP contribution in [-0.2, 0) is 0 Å². The molecule has 0 radical (unpaired) electrons. The molecule has 0 aromatic carbocycles. The summed E-state index contributed by atoms with van der Waals surface area (Å²) in [5.74, 6) is 0.412. The molecule has 1 heterocycles. The SMILES string of the molecule is CC(C)(O)C1CN(S)C1. The van der Waals surface area contributed by atoms with Crippen molar-refractivity contribution in [2.45, 2.75) is 19.4 Å². The van der Waals surface area contributed by atoms with Crippen LogP contribution in [0.4, 0.5) is 0 Å². The molecule has 0 amide bonds. The molecule has 2 nitrogen and oxygen atoms in total. The molecule has 54 valence electrons. The molecule has 0 spiro atoms. The zero-order chi connectivity index (χ0) is 7.07. The van der Waals surface area contributed by atoms with Gasteiger partial charge >= 0.3 is 0 Å². The maximum absolute atomic E-state index is 9.39. The van der Waals surface area contributed by atoms with Gasteiger partial charge in [0.2, 0.25) is 0 Å². The molecule has 3 heteroatoms. The van der Waals surface area contributed by atoms with Crippen LogP contribution in [0.5, 0.6) is 0 Å². The van der Waals surface area contributed by atoms with E-state index in [1.165, 1.54) is 0 Å². The minimum Gasteiger partial charge on any atom is -0.390 e. The molecule has 1 aliphatic rings. The van der Waals surface area contributed by atoms with Crippen LogP contribution >= 0.6 is 12.8 Å². The van der Waals surface area contributed by atoms with Crippen molar-refractivity contribution >= 4 is 12.8 Å². The van der Waals surface area contributed by atoms with Crippen LogP contribution in [0, 0.1) is 5.92 Å². The first-order valence-electron chi connectivity index (χ1n) is 3.16. The Morgan fingerprint density at radius 2 is 2.00 bits per heavy atom. The molecule has 0 aromatic heterocycles. The Morgan fingerprint density at radius 1 is 1.56 bits per heavy atom. The number of rotatable bonds is 1. The first kappa shape index (κ1) is 7.38. The molecule has 0 atom stereocenters. The standard InChI is InChI=1S/C6H13NOS/c1-6(2,8)5-3-7(9)4-5/h5,8-9H,3-4H2,1-2H3. The number of hydrogen-bond donors (Lipinski definition) is 2. The maximum atomic E-state index is 9.39. The summed E-state index contributed by atoms with van der Waals surface area (Å²) in [5, 5.41) is 9.39. The summed E-state index contributed by atoms with van der Waals surface area (Å²) in [5.41, 5.74) is -0.515. The van der Waals surface area contributed by atoms with Crippen LogP contribution in [0.3, 0.4) is 0 Å². The second-order valence-electron chi connectivity index (χ2n) is 3.22. The molecule has 0 aromatic rings. The van der Waals surface area contributed by atoms with Gasteiger partial charge in [0.1, 0.15) is 0 Å². The van der Waals surface area contributed by atoms with Crippen LogP contribution in [0.2, 0.25) is 0 Å². The minimum atomic E-state index is -0.515. The molecule has 1 fully saturated rings. The van der Waals surface area contributed by atoms with Crippen molar-refractivity contribution in [3.8, 4) is 0 Å².